The van der Waals surface area contributed by atoms with Gasteiger partial charge < -0.3 is 10.2 Å². The highest BCUT2D eigenvalue weighted by molar-refractivity contribution is 7.92. The largest absolute Gasteiger partial charge is 0.352 e. The summed E-state index contributed by atoms with van der Waals surface area (Å²) >= 11 is 6.26. The molecule has 0 bridgehead atoms. The Morgan fingerprint density at radius 1 is 0.854 bits per heavy atom. The zero-order chi connectivity index (χ0) is 29.6. The number of fused-ring (bicyclic) bond motifs is 1. The van der Waals surface area contributed by atoms with Crippen LogP contribution in [0, 0.1) is 0 Å². The maximum atomic E-state index is 14.2. The van der Waals surface area contributed by atoms with Crippen molar-refractivity contribution in [2.45, 2.75) is 38.9 Å². The summed E-state index contributed by atoms with van der Waals surface area (Å²) < 4.78 is 27.4. The fourth-order valence-corrected chi connectivity index (χ4v) is 5.86. The van der Waals surface area contributed by atoms with Crippen LogP contribution in [0.2, 0.25) is 5.02 Å². The molecule has 0 saturated carbocycles. The Morgan fingerprint density at radius 3 is 2.17 bits per heavy atom. The first-order valence-corrected chi connectivity index (χ1v) is 15.6. The number of rotatable bonds is 11. The Bertz CT molecular complexity index is 1620. The van der Waals surface area contributed by atoms with Gasteiger partial charge in [-0.25, -0.2) is 8.42 Å². The van der Waals surface area contributed by atoms with Crippen LogP contribution in [0.15, 0.2) is 97.1 Å². The SMILES string of the molecule is CC(C)NC(=O)[C@H](Cc1ccccc1)N(Cc1cccc(Cl)c1)C(=O)CN(c1cccc2ccccc12)S(C)(=O)=O. The fraction of sp³-hybridized carbons (Fsp3) is 0.250. The minimum Gasteiger partial charge on any atom is -0.352 e. The molecule has 0 saturated heterocycles. The fourth-order valence-electron chi connectivity index (χ4n) is 4.79. The first-order valence-electron chi connectivity index (χ1n) is 13.4. The topological polar surface area (TPSA) is 86.8 Å². The first-order chi connectivity index (χ1) is 19.5. The Morgan fingerprint density at radius 2 is 1.49 bits per heavy atom. The van der Waals surface area contributed by atoms with Gasteiger partial charge >= 0.3 is 0 Å². The number of hydrogen-bond acceptors (Lipinski definition) is 4. The van der Waals surface area contributed by atoms with Crippen molar-refractivity contribution in [1.82, 2.24) is 10.2 Å². The summed E-state index contributed by atoms with van der Waals surface area (Å²) in [4.78, 5) is 29.3. The number of carbonyl (C=O) groups is 2. The third kappa shape index (κ3) is 7.86. The van der Waals surface area contributed by atoms with Gasteiger partial charge in [-0.1, -0.05) is 90.5 Å². The van der Waals surface area contributed by atoms with Crippen LogP contribution in [0.1, 0.15) is 25.0 Å². The van der Waals surface area contributed by atoms with E-state index in [1.165, 1.54) is 4.90 Å². The lowest BCUT2D eigenvalue weighted by Crippen LogP contribution is -2.54. The number of nitrogens with zero attached hydrogens (tertiary/aromatic N) is 2. The molecule has 0 unspecified atom stereocenters. The molecule has 0 aliphatic heterocycles. The van der Waals surface area contributed by atoms with E-state index in [0.29, 0.717) is 16.1 Å². The van der Waals surface area contributed by atoms with E-state index in [9.17, 15) is 18.0 Å². The predicted octanol–water partition coefficient (Wildman–Crippen LogP) is 5.42. The zero-order valence-electron chi connectivity index (χ0n) is 23.3. The number of nitrogens with one attached hydrogen (secondary N) is 1. The molecule has 0 fully saturated rings. The average molecular weight is 592 g/mol. The zero-order valence-corrected chi connectivity index (χ0v) is 24.9. The van der Waals surface area contributed by atoms with Gasteiger partial charge in [-0.3, -0.25) is 13.9 Å². The monoisotopic (exact) mass is 591 g/mol. The van der Waals surface area contributed by atoms with Gasteiger partial charge in [0.2, 0.25) is 21.8 Å². The van der Waals surface area contributed by atoms with Crippen molar-refractivity contribution < 1.29 is 18.0 Å². The van der Waals surface area contributed by atoms with Crippen molar-refractivity contribution in [3.8, 4) is 0 Å². The highest BCUT2D eigenvalue weighted by Crippen LogP contribution is 2.29. The molecule has 4 aromatic carbocycles. The molecule has 41 heavy (non-hydrogen) atoms. The van der Waals surface area contributed by atoms with Crippen LogP contribution < -0.4 is 9.62 Å². The van der Waals surface area contributed by atoms with Gasteiger partial charge in [0.1, 0.15) is 12.6 Å². The lowest BCUT2D eigenvalue weighted by molar-refractivity contribution is -0.140. The summed E-state index contributed by atoms with van der Waals surface area (Å²) in [7, 11) is -3.88. The van der Waals surface area contributed by atoms with Crippen LogP contribution >= 0.6 is 11.6 Å². The quantitative estimate of drug-likeness (QED) is 0.252. The Hall–Kier alpha value is -3.88. The molecular weight excluding hydrogens is 558 g/mol. The van der Waals surface area contributed by atoms with Crippen LogP contribution in [0.4, 0.5) is 5.69 Å². The molecule has 0 aromatic heterocycles. The number of anilines is 1. The van der Waals surface area contributed by atoms with Gasteiger partial charge in [-0.2, -0.15) is 0 Å². The lowest BCUT2D eigenvalue weighted by atomic mass is 10.0. The van der Waals surface area contributed by atoms with Gasteiger partial charge in [-0.05, 0) is 48.6 Å². The van der Waals surface area contributed by atoms with Crippen LogP contribution in [-0.2, 0) is 32.6 Å². The van der Waals surface area contributed by atoms with Crippen LogP contribution in [0.25, 0.3) is 10.8 Å². The summed E-state index contributed by atoms with van der Waals surface area (Å²) in [5.41, 5.74) is 1.99. The minimum atomic E-state index is -3.88. The Labute approximate surface area is 246 Å². The van der Waals surface area contributed by atoms with E-state index in [0.717, 1.165) is 27.1 Å². The molecule has 0 radical (unpaired) electrons. The highest BCUT2D eigenvalue weighted by Gasteiger charge is 2.33. The smallest absolute Gasteiger partial charge is 0.244 e. The summed E-state index contributed by atoms with van der Waals surface area (Å²) in [6.07, 6.45) is 1.33. The van der Waals surface area contributed by atoms with Crippen molar-refractivity contribution >= 4 is 49.9 Å². The summed E-state index contributed by atoms with van der Waals surface area (Å²) in [5.74, 6) is -0.835. The second-order valence-electron chi connectivity index (χ2n) is 10.3. The number of amides is 2. The van der Waals surface area contributed by atoms with Gasteiger partial charge in [0.15, 0.2) is 0 Å². The van der Waals surface area contributed by atoms with E-state index >= 15 is 0 Å². The summed E-state index contributed by atoms with van der Waals surface area (Å²) in [6, 6.07) is 28.2. The Kier molecular flexibility index (Phi) is 9.68. The number of sulfonamides is 1. The van der Waals surface area contributed by atoms with Gasteiger partial charge in [0.05, 0.1) is 11.9 Å². The summed E-state index contributed by atoms with van der Waals surface area (Å²) in [5, 5.41) is 4.99. The highest BCUT2D eigenvalue weighted by atomic mass is 35.5. The van der Waals surface area contributed by atoms with Crippen LogP contribution in [0.3, 0.4) is 0 Å². The second-order valence-corrected chi connectivity index (χ2v) is 12.6. The third-order valence-corrected chi connectivity index (χ3v) is 8.02. The van der Waals surface area contributed by atoms with Crippen molar-refractivity contribution in [3.05, 3.63) is 113 Å². The van der Waals surface area contributed by atoms with Gasteiger partial charge in [0, 0.05) is 29.4 Å². The van der Waals surface area contributed by atoms with E-state index in [4.69, 9.17) is 11.6 Å². The molecule has 1 atom stereocenters. The van der Waals surface area contributed by atoms with E-state index in [-0.39, 0.29) is 24.9 Å². The maximum Gasteiger partial charge on any atom is 0.244 e. The number of hydrogen-bond donors (Lipinski definition) is 1. The number of halogens is 1. The normalized spacial score (nSPS) is 12.2. The maximum absolute atomic E-state index is 14.2. The van der Waals surface area contributed by atoms with Crippen molar-refractivity contribution in [2.75, 3.05) is 17.1 Å². The van der Waals surface area contributed by atoms with E-state index in [2.05, 4.69) is 5.32 Å². The molecule has 7 nitrogen and oxygen atoms in total. The number of carbonyl (C=O) groups excluding carboxylic acids is 2. The van der Waals surface area contributed by atoms with E-state index in [1.54, 1.807) is 30.3 Å². The van der Waals surface area contributed by atoms with Gasteiger partial charge in [-0.15, -0.1) is 0 Å². The van der Waals surface area contributed by atoms with Crippen LogP contribution in [0.5, 0.6) is 0 Å². The molecule has 4 aromatic rings. The molecule has 4 rings (SSSR count). The predicted molar refractivity (Wildman–Crippen MR) is 165 cm³/mol. The molecule has 0 spiro atoms. The molecule has 1 N–H and O–H groups in total. The van der Waals surface area contributed by atoms with E-state index < -0.39 is 28.5 Å². The first kappa shape index (κ1) is 30.1. The molecule has 2 amide bonds. The minimum absolute atomic E-state index is 0.0650. The van der Waals surface area contributed by atoms with Crippen LogP contribution in [-0.4, -0.2) is 50.0 Å². The van der Waals surface area contributed by atoms with E-state index in [1.807, 2.05) is 80.6 Å². The molecular formula is C32H34ClN3O4S. The molecule has 0 aliphatic rings. The molecule has 214 valence electrons. The second kappa shape index (κ2) is 13.2. The Balaban J connectivity index is 1.78. The van der Waals surface area contributed by atoms with Crippen molar-refractivity contribution in [3.63, 3.8) is 0 Å². The average Bonchev–Trinajstić information content (AvgIpc) is 2.93. The lowest BCUT2D eigenvalue weighted by Gasteiger charge is -2.34. The standard InChI is InChI=1S/C32H34ClN3O4S/c1-23(2)34-32(38)30(20-24-11-5-4-6-12-24)35(21-25-13-9-16-27(33)19-25)31(37)22-36(41(3,39)40)29-18-10-15-26-14-7-8-17-28(26)29/h4-19,23,30H,20-22H2,1-3H3,(H,34,38)/t30-/m0/s1. The van der Waals surface area contributed by atoms with Crippen molar-refractivity contribution in [2.24, 2.45) is 0 Å². The number of benzene rings is 4. The van der Waals surface area contributed by atoms with Crippen molar-refractivity contribution in [1.29, 1.82) is 0 Å². The summed E-state index contributed by atoms with van der Waals surface area (Å²) in [6.45, 7) is 3.29. The third-order valence-electron chi connectivity index (χ3n) is 6.66. The molecule has 9 heteroatoms. The molecule has 0 heterocycles. The molecule has 0 aliphatic carbocycles. The van der Waals surface area contributed by atoms with Gasteiger partial charge in [0.25, 0.3) is 0 Å².